The molecular weight excluding hydrogens is 605 g/mol. The normalized spacial score (nSPS) is 14.0. The number of sulfonamides is 1. The van der Waals surface area contributed by atoms with Gasteiger partial charge in [0.1, 0.15) is 0 Å². The molecule has 0 aliphatic carbocycles. The van der Waals surface area contributed by atoms with Crippen molar-refractivity contribution in [2.24, 2.45) is 0 Å². The van der Waals surface area contributed by atoms with Crippen molar-refractivity contribution in [3.8, 4) is 11.3 Å². The number of nitrogens with zero attached hydrogens (tertiary/aromatic N) is 1. The number of hydrogen-bond acceptors (Lipinski definition) is 4. The number of anilines is 1. The minimum Gasteiger partial charge on any atom is -0.354 e. The number of hydrogen-bond donors (Lipinski definition) is 3. The highest BCUT2D eigenvalue weighted by Crippen LogP contribution is 2.35. The van der Waals surface area contributed by atoms with E-state index in [0.717, 1.165) is 93.1 Å². The third-order valence-corrected chi connectivity index (χ3v) is 9.88. The van der Waals surface area contributed by atoms with Crippen molar-refractivity contribution in [3.63, 3.8) is 0 Å². The minimum atomic E-state index is -3.27. The van der Waals surface area contributed by atoms with Crippen LogP contribution >= 0.6 is 0 Å². The van der Waals surface area contributed by atoms with Crippen LogP contribution < -0.4 is 10.0 Å². The summed E-state index contributed by atoms with van der Waals surface area (Å²) < 4.78 is 25.4. The lowest BCUT2D eigenvalue weighted by Crippen LogP contribution is -2.35. The fourth-order valence-corrected chi connectivity index (χ4v) is 7.09. The fourth-order valence-electron chi connectivity index (χ4n) is 6.52. The zero-order chi connectivity index (χ0) is 33.6. The topological polar surface area (TPSA) is 94.3 Å². The molecule has 1 fully saturated rings. The van der Waals surface area contributed by atoms with Crippen molar-refractivity contribution in [3.05, 3.63) is 88.5 Å². The van der Waals surface area contributed by atoms with Gasteiger partial charge in [0.2, 0.25) is 10.0 Å². The van der Waals surface area contributed by atoms with Gasteiger partial charge in [0.15, 0.2) is 0 Å². The van der Waals surface area contributed by atoms with Crippen LogP contribution in [0.5, 0.6) is 0 Å². The highest BCUT2D eigenvalue weighted by molar-refractivity contribution is 7.92. The molecule has 1 amide bonds. The van der Waals surface area contributed by atoms with Crippen LogP contribution in [-0.2, 0) is 22.9 Å². The van der Waals surface area contributed by atoms with Crippen LogP contribution in [0.1, 0.15) is 104 Å². The minimum absolute atomic E-state index is 0.142. The molecule has 1 aliphatic heterocycles. The predicted octanol–water partition coefficient (Wildman–Crippen LogP) is 8.23. The summed E-state index contributed by atoms with van der Waals surface area (Å²) in [4.78, 5) is 19.3. The molecule has 3 N–H and O–H groups in total. The largest absolute Gasteiger partial charge is 0.354 e. The number of aryl methyl sites for hydroxylation is 1. The van der Waals surface area contributed by atoms with Crippen LogP contribution in [0.15, 0.2) is 60.7 Å². The maximum absolute atomic E-state index is 13.5. The molecule has 1 aliphatic rings. The summed E-state index contributed by atoms with van der Waals surface area (Å²) in [6.07, 6.45) is 8.43. The van der Waals surface area contributed by atoms with Gasteiger partial charge in [-0.3, -0.25) is 9.52 Å². The zero-order valence-electron chi connectivity index (χ0n) is 28.8. The summed E-state index contributed by atoms with van der Waals surface area (Å²) in [7, 11) is -3.27. The van der Waals surface area contributed by atoms with Crippen molar-refractivity contribution < 1.29 is 13.2 Å². The SMILES string of the molecule is CC(C)c1cc(-c2[nH]c3ccc(C(=O)N4CCCCC4)cc3c2CCNCCCCc2ccc(NS(C)(=O)=O)cc2)cc(C(C)C)c1. The monoisotopic (exact) mass is 656 g/mol. The van der Waals surface area contributed by atoms with Crippen LogP contribution in [-0.4, -0.2) is 56.6 Å². The molecule has 0 saturated carbocycles. The number of rotatable bonds is 14. The van der Waals surface area contributed by atoms with Gasteiger partial charge in [0.25, 0.3) is 5.91 Å². The number of amides is 1. The molecule has 1 aromatic heterocycles. The van der Waals surface area contributed by atoms with Crippen molar-refractivity contribution in [1.29, 1.82) is 0 Å². The molecule has 8 heteroatoms. The first-order chi connectivity index (χ1) is 22.5. The second-order valence-electron chi connectivity index (χ2n) is 13.8. The zero-order valence-corrected chi connectivity index (χ0v) is 29.6. The number of likely N-dealkylation sites (tertiary alicyclic amines) is 1. The van der Waals surface area contributed by atoms with Crippen molar-refractivity contribution in [2.75, 3.05) is 37.2 Å². The van der Waals surface area contributed by atoms with Crippen LogP contribution in [0.3, 0.4) is 0 Å². The van der Waals surface area contributed by atoms with Gasteiger partial charge in [-0.15, -0.1) is 0 Å². The smallest absolute Gasteiger partial charge is 0.253 e. The van der Waals surface area contributed by atoms with E-state index in [-0.39, 0.29) is 5.91 Å². The van der Waals surface area contributed by atoms with Gasteiger partial charge < -0.3 is 15.2 Å². The Kier molecular flexibility index (Phi) is 11.5. The van der Waals surface area contributed by atoms with Gasteiger partial charge in [-0.25, -0.2) is 8.42 Å². The van der Waals surface area contributed by atoms with Crippen molar-refractivity contribution >= 4 is 32.5 Å². The summed E-state index contributed by atoms with van der Waals surface area (Å²) in [6, 6.07) is 20.8. The molecule has 252 valence electrons. The van der Waals surface area contributed by atoms with E-state index < -0.39 is 10.0 Å². The average molecular weight is 657 g/mol. The molecular formula is C39H52N4O3S. The van der Waals surface area contributed by atoms with E-state index in [1.54, 1.807) is 0 Å². The first kappa shape index (κ1) is 34.7. The molecule has 3 aromatic carbocycles. The Labute approximate surface area is 281 Å². The molecule has 1 saturated heterocycles. The van der Waals surface area contributed by atoms with Gasteiger partial charge in [0, 0.05) is 40.9 Å². The van der Waals surface area contributed by atoms with Gasteiger partial charge in [0.05, 0.1) is 6.26 Å². The molecule has 0 radical (unpaired) electrons. The molecule has 0 atom stereocenters. The van der Waals surface area contributed by atoms with Crippen LogP contribution in [0.4, 0.5) is 5.69 Å². The number of piperidine rings is 1. The summed E-state index contributed by atoms with van der Waals surface area (Å²) in [5.74, 6) is 0.999. The molecule has 0 spiro atoms. The molecule has 0 unspecified atom stereocenters. The Morgan fingerprint density at radius 1 is 0.830 bits per heavy atom. The van der Waals surface area contributed by atoms with Crippen molar-refractivity contribution in [1.82, 2.24) is 15.2 Å². The third-order valence-electron chi connectivity index (χ3n) is 9.27. The Hall–Kier alpha value is -3.62. The number of aromatic amines is 1. The average Bonchev–Trinajstić information content (AvgIpc) is 3.42. The maximum atomic E-state index is 13.5. The summed E-state index contributed by atoms with van der Waals surface area (Å²) in [5.41, 5.74) is 9.96. The number of fused-ring (bicyclic) bond motifs is 1. The van der Waals surface area contributed by atoms with Crippen LogP contribution in [0.2, 0.25) is 0 Å². The molecule has 0 bridgehead atoms. The lowest BCUT2D eigenvalue weighted by atomic mass is 9.91. The van der Waals surface area contributed by atoms with Gasteiger partial charge in [-0.1, -0.05) is 45.9 Å². The Morgan fingerprint density at radius 3 is 2.15 bits per heavy atom. The number of H-pyrrole nitrogens is 1. The Bertz CT molecular complexity index is 1740. The molecule has 47 heavy (non-hydrogen) atoms. The van der Waals surface area contributed by atoms with Crippen LogP contribution in [0.25, 0.3) is 22.2 Å². The Balaban J connectivity index is 1.30. The highest BCUT2D eigenvalue weighted by Gasteiger charge is 2.21. The number of carbonyl (C=O) groups excluding carboxylic acids is 1. The van der Waals surface area contributed by atoms with Gasteiger partial charge in [-0.05, 0) is 140 Å². The van der Waals surface area contributed by atoms with Gasteiger partial charge >= 0.3 is 0 Å². The quantitative estimate of drug-likeness (QED) is 0.119. The summed E-state index contributed by atoms with van der Waals surface area (Å²) in [5, 5.41) is 4.81. The number of benzene rings is 3. The molecule has 4 aromatic rings. The molecule has 2 heterocycles. The van der Waals surface area contributed by atoms with E-state index in [0.29, 0.717) is 17.5 Å². The maximum Gasteiger partial charge on any atom is 0.253 e. The van der Waals surface area contributed by atoms with E-state index >= 15 is 0 Å². The number of nitrogens with one attached hydrogen (secondary N) is 3. The second kappa shape index (κ2) is 15.5. The van der Waals surface area contributed by atoms with Crippen molar-refractivity contribution in [2.45, 2.75) is 84.5 Å². The first-order valence-corrected chi connectivity index (χ1v) is 19.2. The second-order valence-corrected chi connectivity index (χ2v) is 15.6. The number of carbonyl (C=O) groups is 1. The summed E-state index contributed by atoms with van der Waals surface area (Å²) in [6.45, 7) is 12.5. The van der Waals surface area contributed by atoms with E-state index in [9.17, 15) is 13.2 Å². The molecule has 5 rings (SSSR count). The third kappa shape index (κ3) is 9.26. The Morgan fingerprint density at radius 2 is 1.51 bits per heavy atom. The first-order valence-electron chi connectivity index (χ1n) is 17.3. The van der Waals surface area contributed by atoms with Gasteiger partial charge in [-0.2, -0.15) is 0 Å². The summed E-state index contributed by atoms with van der Waals surface area (Å²) >= 11 is 0. The predicted molar refractivity (Wildman–Crippen MR) is 196 cm³/mol. The lowest BCUT2D eigenvalue weighted by molar-refractivity contribution is 0.0724. The van der Waals surface area contributed by atoms with E-state index in [4.69, 9.17) is 0 Å². The number of unbranched alkanes of at least 4 members (excludes halogenated alkanes) is 1. The van der Waals surface area contributed by atoms with E-state index in [1.807, 2.05) is 35.2 Å². The fraction of sp³-hybridized carbons (Fsp3) is 0.462. The lowest BCUT2D eigenvalue weighted by Gasteiger charge is -2.26. The van der Waals surface area contributed by atoms with Crippen LogP contribution in [0, 0.1) is 0 Å². The number of aromatic nitrogens is 1. The highest BCUT2D eigenvalue weighted by atomic mass is 32.2. The van der Waals surface area contributed by atoms with E-state index in [2.05, 4.69) is 73.0 Å². The molecule has 7 nitrogen and oxygen atoms in total. The van der Waals surface area contributed by atoms with E-state index in [1.165, 1.54) is 34.2 Å². The standard InChI is InChI=1S/C39H52N4O3S/c1-27(2)31-23-32(28(3)4)25-33(24-31)38-35(36-26-30(14-17-37(36)41-38)39(44)43-21-9-6-10-22-43)18-20-40-19-8-7-11-29-12-15-34(16-13-29)42-47(5,45)46/h12-17,23-28,40-42H,6-11,18-22H2,1-5H3.